The van der Waals surface area contributed by atoms with E-state index < -0.39 is 27.3 Å². The first-order valence-corrected chi connectivity index (χ1v) is 27.1. The smallest absolute Gasteiger partial charge is 0.268 e. The van der Waals surface area contributed by atoms with E-state index in [-0.39, 0.29) is 50.2 Å². The minimum atomic E-state index is -4.56. The predicted molar refractivity (Wildman–Crippen MR) is 281 cm³/mol. The number of rotatable bonds is 15. The molecule has 0 unspecified atom stereocenters. The van der Waals surface area contributed by atoms with Gasteiger partial charge in [0.25, 0.3) is 15.9 Å². The second kappa shape index (κ2) is 20.6. The van der Waals surface area contributed by atoms with Crippen molar-refractivity contribution >= 4 is 44.2 Å². The van der Waals surface area contributed by atoms with E-state index in [0.717, 1.165) is 89.7 Å². The SMILES string of the molecule is CC(C)c1ccccc1[C@@H]1CN(Cc2ccncc2)CCN1C1CC2(CCN(c3ccc(C(=O)NS(=O)(=O)c4cnc(NCC5CCC(C)(O)CC5)c(N(C)[O-])c4)c(Oc4cnc5[nH]cc(F)c5c4)c3)CC2)C1. The number of H-pyrrole nitrogens is 1. The van der Waals surface area contributed by atoms with Crippen LogP contribution in [-0.2, 0) is 16.6 Å². The van der Waals surface area contributed by atoms with Crippen molar-refractivity contribution in [2.24, 2.45) is 11.3 Å². The molecule has 0 bridgehead atoms. The maximum atomic E-state index is 14.7. The van der Waals surface area contributed by atoms with Crippen molar-refractivity contribution in [3.8, 4) is 11.5 Å². The van der Waals surface area contributed by atoms with E-state index in [1.165, 1.54) is 48.3 Å². The number of aromatic amines is 1. The molecular weight excluding hydrogens is 948 g/mol. The number of nitrogens with one attached hydrogen (secondary N) is 3. The Labute approximate surface area is 427 Å². The molecule has 0 radical (unpaired) electrons. The fourth-order valence-corrected chi connectivity index (χ4v) is 12.6. The zero-order valence-corrected chi connectivity index (χ0v) is 42.9. The number of hydrogen-bond acceptors (Lipinski definition) is 14. The molecule has 73 heavy (non-hydrogen) atoms. The summed E-state index contributed by atoms with van der Waals surface area (Å²) >= 11 is 0. The number of piperazine rings is 1. The van der Waals surface area contributed by atoms with E-state index >= 15 is 0 Å². The zero-order valence-electron chi connectivity index (χ0n) is 42.1. The molecule has 4 aliphatic rings. The Morgan fingerprint density at radius 2 is 1.74 bits per heavy atom. The van der Waals surface area contributed by atoms with Crippen molar-refractivity contribution in [3.05, 3.63) is 131 Å². The molecule has 18 heteroatoms. The number of halogens is 1. The topological polar surface area (TPSA) is 195 Å². The number of ether oxygens (including phenoxy) is 1. The summed E-state index contributed by atoms with van der Waals surface area (Å²) in [4.78, 5) is 37.0. The summed E-state index contributed by atoms with van der Waals surface area (Å²) in [5, 5.41) is 27.0. The van der Waals surface area contributed by atoms with E-state index in [2.05, 4.69) is 94.9 Å². The summed E-state index contributed by atoms with van der Waals surface area (Å²) < 4.78 is 51.0. The Hall–Kier alpha value is -6.18. The molecule has 2 aliphatic heterocycles. The Balaban J connectivity index is 0.840. The lowest BCUT2D eigenvalue weighted by molar-refractivity contribution is -0.0628. The van der Waals surface area contributed by atoms with Gasteiger partial charge in [0.1, 0.15) is 33.7 Å². The lowest BCUT2D eigenvalue weighted by atomic mass is 9.59. The number of amides is 1. The second-order valence-electron chi connectivity index (χ2n) is 21.5. The van der Waals surface area contributed by atoms with E-state index in [9.17, 15) is 27.9 Å². The number of hydroxylamine groups is 1. The third-order valence-corrected chi connectivity index (χ3v) is 17.3. The van der Waals surface area contributed by atoms with Crippen LogP contribution in [0.5, 0.6) is 11.5 Å². The Morgan fingerprint density at radius 3 is 2.48 bits per heavy atom. The minimum Gasteiger partial charge on any atom is -0.758 e. The number of fused-ring (bicyclic) bond motifs is 1. The van der Waals surface area contributed by atoms with Crippen molar-refractivity contribution < 1.29 is 27.4 Å². The molecule has 4 N–H and O–H groups in total. The Morgan fingerprint density at radius 1 is 0.986 bits per heavy atom. The number of piperidine rings is 1. The molecule has 4 aromatic heterocycles. The normalized spacial score (nSPS) is 21.8. The molecule has 2 saturated carbocycles. The molecule has 1 atom stereocenters. The van der Waals surface area contributed by atoms with Gasteiger partial charge in [-0.3, -0.25) is 19.6 Å². The van der Waals surface area contributed by atoms with Gasteiger partial charge < -0.3 is 35.3 Å². The Bertz CT molecular complexity index is 3040. The Kier molecular flexibility index (Phi) is 14.2. The lowest BCUT2D eigenvalue weighted by Gasteiger charge is -2.58. The minimum absolute atomic E-state index is 0.0145. The highest BCUT2D eigenvalue weighted by atomic mass is 32.2. The first kappa shape index (κ1) is 50.4. The highest BCUT2D eigenvalue weighted by Gasteiger charge is 2.50. The summed E-state index contributed by atoms with van der Waals surface area (Å²) in [5.74, 6) is -0.413. The third kappa shape index (κ3) is 11.0. The van der Waals surface area contributed by atoms with Crippen LogP contribution in [0.1, 0.15) is 111 Å². The molecule has 2 aliphatic carbocycles. The standard InChI is InChI=1S/C55H66FN10O6S/c1-36(2)43-7-5-6-8-44(43)49-35-64(34-38-13-19-57-20-14-38)23-24-66(49)40-28-55(29-40)17-21-65(22-18-55)39-9-10-45(50(25-39)72-41-26-46-47(56)33-61-51(46)59-31-41)53(67)62-73(70,71)42-27-48(63(4)69)52(60-32-42)58-30-37-11-15-54(3,68)16-12-37/h5-10,13-14,19-20,25-27,31-33,36-37,40,49,68H,11-12,15-18,21-24,28-30,34-35H2,1-4H3,(H,58,60)(H,59,61)(H,62,67)/q-1/t37?,49-,54?/m0/s1. The molecule has 6 heterocycles. The molecule has 10 rings (SSSR count). The second-order valence-corrected chi connectivity index (χ2v) is 23.1. The molecule has 1 spiro atoms. The maximum Gasteiger partial charge on any atom is 0.268 e. The van der Waals surface area contributed by atoms with Crippen LogP contribution in [0.4, 0.5) is 21.6 Å². The van der Waals surface area contributed by atoms with Crippen LogP contribution >= 0.6 is 0 Å². The first-order chi connectivity index (χ1) is 35.0. The van der Waals surface area contributed by atoms with E-state index in [1.807, 2.05) is 19.3 Å². The monoisotopic (exact) mass is 1010 g/mol. The quantitative estimate of drug-likeness (QED) is 0.0711. The van der Waals surface area contributed by atoms with Gasteiger partial charge in [0.05, 0.1) is 28.4 Å². The summed E-state index contributed by atoms with van der Waals surface area (Å²) in [7, 11) is -3.32. The predicted octanol–water partition coefficient (Wildman–Crippen LogP) is 9.12. The number of hydrogen-bond donors (Lipinski definition) is 4. The maximum absolute atomic E-state index is 14.7. The fourth-order valence-electron chi connectivity index (χ4n) is 11.7. The molecule has 4 fully saturated rings. The number of anilines is 3. The molecule has 2 saturated heterocycles. The van der Waals surface area contributed by atoms with E-state index in [4.69, 9.17) is 4.74 Å². The summed E-state index contributed by atoms with van der Waals surface area (Å²) in [6.07, 6.45) is 14.6. The van der Waals surface area contributed by atoms with Crippen LogP contribution in [0.15, 0.2) is 103 Å². The first-order valence-electron chi connectivity index (χ1n) is 25.6. The van der Waals surface area contributed by atoms with Crippen molar-refractivity contribution in [3.63, 3.8) is 0 Å². The number of carbonyl (C=O) groups is 1. The third-order valence-electron chi connectivity index (χ3n) is 16.0. The molecule has 2 aromatic carbocycles. The van der Waals surface area contributed by atoms with Gasteiger partial charge in [-0.1, -0.05) is 38.1 Å². The van der Waals surface area contributed by atoms with Gasteiger partial charge in [-0.15, -0.1) is 0 Å². The van der Waals surface area contributed by atoms with Crippen LogP contribution in [-0.4, -0.2) is 107 Å². The number of pyridine rings is 3. The lowest BCUT2D eigenvalue weighted by Crippen LogP contribution is -2.60. The van der Waals surface area contributed by atoms with Crippen LogP contribution < -0.4 is 24.7 Å². The largest absolute Gasteiger partial charge is 0.758 e. The average Bonchev–Trinajstić information content (AvgIpc) is 3.74. The number of benzene rings is 2. The van der Waals surface area contributed by atoms with Gasteiger partial charge in [0, 0.05) is 94.4 Å². The van der Waals surface area contributed by atoms with Crippen LogP contribution in [0.25, 0.3) is 11.0 Å². The van der Waals surface area contributed by atoms with Crippen molar-refractivity contribution in [1.82, 2.24) is 34.5 Å². The van der Waals surface area contributed by atoms with Gasteiger partial charge in [-0.25, -0.2) is 27.5 Å². The average molecular weight is 1010 g/mol. The van der Waals surface area contributed by atoms with Gasteiger partial charge in [-0.2, -0.15) is 0 Å². The van der Waals surface area contributed by atoms with E-state index in [1.54, 1.807) is 18.2 Å². The van der Waals surface area contributed by atoms with Gasteiger partial charge in [-0.05, 0) is 136 Å². The number of carbonyl (C=O) groups excluding carboxylic acids is 1. The number of aliphatic hydroxyl groups is 1. The highest BCUT2D eigenvalue weighted by Crippen LogP contribution is 2.53. The summed E-state index contributed by atoms with van der Waals surface area (Å²) in [6.45, 7) is 12.3. The molecule has 386 valence electrons. The summed E-state index contributed by atoms with van der Waals surface area (Å²) in [6, 6.07) is 21.7. The molecular formula is C55H66FN10O6S-. The van der Waals surface area contributed by atoms with Gasteiger partial charge >= 0.3 is 0 Å². The number of nitrogens with zero attached hydrogens (tertiary/aromatic N) is 7. The van der Waals surface area contributed by atoms with Gasteiger partial charge in [0.2, 0.25) is 0 Å². The van der Waals surface area contributed by atoms with E-state index in [0.29, 0.717) is 48.1 Å². The fraction of sp³-hybridized carbons (Fsp3) is 0.455. The zero-order chi connectivity index (χ0) is 51.1. The molecule has 6 aromatic rings. The van der Waals surface area contributed by atoms with Crippen LogP contribution in [0.3, 0.4) is 0 Å². The molecule has 1 amide bonds. The van der Waals surface area contributed by atoms with Crippen molar-refractivity contribution in [2.75, 3.05) is 61.6 Å². The van der Waals surface area contributed by atoms with Crippen molar-refractivity contribution in [1.29, 1.82) is 0 Å². The highest BCUT2D eigenvalue weighted by molar-refractivity contribution is 7.90. The van der Waals surface area contributed by atoms with Crippen LogP contribution in [0, 0.1) is 22.4 Å². The van der Waals surface area contributed by atoms with Crippen molar-refractivity contribution in [2.45, 2.75) is 107 Å². The molecule has 16 nitrogen and oxygen atoms in total. The van der Waals surface area contributed by atoms with Gasteiger partial charge in [0.15, 0.2) is 0 Å². The number of sulfonamides is 1. The number of aromatic nitrogens is 4. The van der Waals surface area contributed by atoms with Crippen LogP contribution in [0.2, 0.25) is 0 Å². The summed E-state index contributed by atoms with van der Waals surface area (Å²) in [5.41, 5.74) is 4.67.